The predicted molar refractivity (Wildman–Crippen MR) is 48.6 cm³/mol. The zero-order valence-electron chi connectivity index (χ0n) is 7.44. The molecule has 0 aliphatic carbocycles. The molecule has 0 saturated heterocycles. The number of carboxylic acids is 1. The lowest BCUT2D eigenvalue weighted by atomic mass is 10.3. The van der Waals surface area contributed by atoms with Gasteiger partial charge in [0, 0.05) is 6.92 Å². The van der Waals surface area contributed by atoms with Gasteiger partial charge in [0.2, 0.25) is 5.91 Å². The summed E-state index contributed by atoms with van der Waals surface area (Å²) >= 11 is 0. The number of anilines is 1. The first-order valence-electron chi connectivity index (χ1n) is 3.81. The van der Waals surface area contributed by atoms with Gasteiger partial charge in [-0.25, -0.2) is 9.78 Å². The van der Waals surface area contributed by atoms with Crippen LogP contribution in [-0.2, 0) is 4.79 Å². The Hall–Kier alpha value is -2.11. The lowest BCUT2D eigenvalue weighted by molar-refractivity contribution is -0.118. The highest BCUT2D eigenvalue weighted by Crippen LogP contribution is 2.04. The Balaban J connectivity index is 2.64. The second kappa shape index (κ2) is 4.22. The molecule has 1 aromatic heterocycles. The quantitative estimate of drug-likeness (QED) is 0.601. The molecule has 14 heavy (non-hydrogen) atoms. The number of rotatable bonds is 3. The third-order valence-corrected chi connectivity index (χ3v) is 1.37. The van der Waals surface area contributed by atoms with E-state index in [2.05, 4.69) is 15.8 Å². The molecule has 0 saturated carbocycles. The first-order chi connectivity index (χ1) is 6.59. The maximum absolute atomic E-state index is 10.5. The van der Waals surface area contributed by atoms with Crippen molar-refractivity contribution in [3.8, 4) is 0 Å². The van der Waals surface area contributed by atoms with Crippen molar-refractivity contribution in [2.75, 3.05) is 5.43 Å². The van der Waals surface area contributed by atoms with Crippen LogP contribution in [0.5, 0.6) is 0 Å². The van der Waals surface area contributed by atoms with Crippen molar-refractivity contribution in [3.63, 3.8) is 0 Å². The summed E-state index contributed by atoms with van der Waals surface area (Å²) in [7, 11) is 0. The summed E-state index contributed by atoms with van der Waals surface area (Å²) in [4.78, 5) is 24.6. The van der Waals surface area contributed by atoms with Crippen molar-refractivity contribution < 1.29 is 14.7 Å². The summed E-state index contributed by atoms with van der Waals surface area (Å²) < 4.78 is 0. The number of carboxylic acid groups (broad SMARTS) is 1. The molecule has 6 heteroatoms. The van der Waals surface area contributed by atoms with Gasteiger partial charge in [-0.15, -0.1) is 0 Å². The van der Waals surface area contributed by atoms with E-state index in [0.29, 0.717) is 5.69 Å². The molecule has 74 valence electrons. The van der Waals surface area contributed by atoms with Gasteiger partial charge in [-0.2, -0.15) is 0 Å². The standard InChI is InChI=1S/C8H9N3O3/c1-5(12)10-11-6-2-3-7(8(13)14)9-4-6/h2-4,11H,1H3,(H,10,12)(H,13,14). The average Bonchev–Trinajstić information content (AvgIpc) is 2.15. The Morgan fingerprint density at radius 2 is 2.14 bits per heavy atom. The van der Waals surface area contributed by atoms with E-state index in [0.717, 1.165) is 0 Å². The van der Waals surface area contributed by atoms with Gasteiger partial charge in [0.1, 0.15) is 5.69 Å². The Kier molecular flexibility index (Phi) is 3.01. The maximum atomic E-state index is 10.5. The van der Waals surface area contributed by atoms with Gasteiger partial charge < -0.3 is 5.11 Å². The lowest BCUT2D eigenvalue weighted by Crippen LogP contribution is -2.26. The number of hydrazine groups is 1. The highest BCUT2D eigenvalue weighted by molar-refractivity contribution is 5.85. The summed E-state index contributed by atoms with van der Waals surface area (Å²) in [6.07, 6.45) is 1.32. The highest BCUT2D eigenvalue weighted by atomic mass is 16.4. The monoisotopic (exact) mass is 195 g/mol. The molecule has 1 amide bonds. The fraction of sp³-hybridized carbons (Fsp3) is 0.125. The SMILES string of the molecule is CC(=O)NNc1ccc(C(=O)O)nc1. The van der Waals surface area contributed by atoms with Gasteiger partial charge in [0.15, 0.2) is 0 Å². The maximum Gasteiger partial charge on any atom is 0.354 e. The summed E-state index contributed by atoms with van der Waals surface area (Å²) in [5.74, 6) is -1.33. The molecular weight excluding hydrogens is 186 g/mol. The van der Waals surface area contributed by atoms with E-state index in [1.165, 1.54) is 25.3 Å². The third kappa shape index (κ3) is 2.74. The molecule has 0 aliphatic rings. The minimum Gasteiger partial charge on any atom is -0.477 e. The Bertz CT molecular complexity index is 347. The van der Waals surface area contributed by atoms with Crippen LogP contribution < -0.4 is 10.9 Å². The van der Waals surface area contributed by atoms with E-state index in [-0.39, 0.29) is 11.6 Å². The molecule has 0 spiro atoms. The number of nitrogens with one attached hydrogen (secondary N) is 2. The molecule has 0 aromatic carbocycles. The Labute approximate surface area is 79.9 Å². The van der Waals surface area contributed by atoms with Crippen LogP contribution in [0, 0.1) is 0 Å². The van der Waals surface area contributed by atoms with E-state index in [1.807, 2.05) is 0 Å². The van der Waals surface area contributed by atoms with Crippen molar-refractivity contribution in [3.05, 3.63) is 24.0 Å². The fourth-order valence-corrected chi connectivity index (χ4v) is 0.754. The van der Waals surface area contributed by atoms with Crippen LogP contribution in [0.25, 0.3) is 0 Å². The Morgan fingerprint density at radius 1 is 1.43 bits per heavy atom. The number of aromatic nitrogens is 1. The van der Waals surface area contributed by atoms with Crippen molar-refractivity contribution in [1.29, 1.82) is 0 Å². The summed E-state index contributed by atoms with van der Waals surface area (Å²) in [5, 5.41) is 8.54. The molecule has 0 unspecified atom stereocenters. The number of amides is 1. The van der Waals surface area contributed by atoms with Gasteiger partial charge in [-0.1, -0.05) is 0 Å². The molecule has 1 aromatic rings. The van der Waals surface area contributed by atoms with Crippen LogP contribution in [0.15, 0.2) is 18.3 Å². The Morgan fingerprint density at radius 3 is 2.57 bits per heavy atom. The molecule has 0 atom stereocenters. The minimum absolute atomic E-state index is 0.0432. The van der Waals surface area contributed by atoms with E-state index in [4.69, 9.17) is 5.11 Å². The largest absolute Gasteiger partial charge is 0.477 e. The number of hydrogen-bond donors (Lipinski definition) is 3. The van der Waals surface area contributed by atoms with Crippen molar-refractivity contribution in [2.24, 2.45) is 0 Å². The van der Waals surface area contributed by atoms with Crippen molar-refractivity contribution in [1.82, 2.24) is 10.4 Å². The molecule has 0 bridgehead atoms. The summed E-state index contributed by atoms with van der Waals surface area (Å²) in [5.41, 5.74) is 5.36. The van der Waals surface area contributed by atoms with Crippen LogP contribution in [0.2, 0.25) is 0 Å². The number of aromatic carboxylic acids is 1. The molecule has 1 rings (SSSR count). The molecular formula is C8H9N3O3. The third-order valence-electron chi connectivity index (χ3n) is 1.37. The van der Waals surface area contributed by atoms with Gasteiger partial charge >= 0.3 is 5.97 Å². The van der Waals surface area contributed by atoms with Crippen LogP contribution >= 0.6 is 0 Å². The van der Waals surface area contributed by atoms with Gasteiger partial charge in [-0.3, -0.25) is 15.6 Å². The first kappa shape index (κ1) is 9.97. The van der Waals surface area contributed by atoms with E-state index in [9.17, 15) is 9.59 Å². The summed E-state index contributed by atoms with van der Waals surface area (Å²) in [6, 6.07) is 2.85. The van der Waals surface area contributed by atoms with Crippen molar-refractivity contribution >= 4 is 17.6 Å². The van der Waals surface area contributed by atoms with E-state index >= 15 is 0 Å². The predicted octanol–water partition coefficient (Wildman–Crippen LogP) is 0.243. The van der Waals surface area contributed by atoms with Gasteiger partial charge in [0.25, 0.3) is 0 Å². The zero-order chi connectivity index (χ0) is 10.6. The van der Waals surface area contributed by atoms with Gasteiger partial charge in [0.05, 0.1) is 11.9 Å². The molecule has 6 nitrogen and oxygen atoms in total. The van der Waals surface area contributed by atoms with Crippen molar-refractivity contribution in [2.45, 2.75) is 6.92 Å². The lowest BCUT2D eigenvalue weighted by Gasteiger charge is -2.05. The van der Waals surface area contributed by atoms with Crippen LogP contribution in [0.4, 0.5) is 5.69 Å². The fourth-order valence-electron chi connectivity index (χ4n) is 0.754. The van der Waals surface area contributed by atoms with E-state index < -0.39 is 5.97 Å². The molecule has 3 N–H and O–H groups in total. The number of nitrogens with zero attached hydrogens (tertiary/aromatic N) is 1. The normalized spacial score (nSPS) is 9.21. The first-order valence-corrected chi connectivity index (χ1v) is 3.81. The second-order valence-corrected chi connectivity index (χ2v) is 2.54. The minimum atomic E-state index is -1.09. The second-order valence-electron chi connectivity index (χ2n) is 2.54. The average molecular weight is 195 g/mol. The molecule has 0 radical (unpaired) electrons. The number of carbonyl (C=O) groups is 2. The molecule has 1 heterocycles. The smallest absolute Gasteiger partial charge is 0.354 e. The number of pyridine rings is 1. The topological polar surface area (TPSA) is 91.3 Å². The number of carbonyl (C=O) groups excluding carboxylic acids is 1. The van der Waals surface area contributed by atoms with Crippen LogP contribution in [0.1, 0.15) is 17.4 Å². The zero-order valence-corrected chi connectivity index (χ0v) is 7.44. The van der Waals surface area contributed by atoms with Gasteiger partial charge in [-0.05, 0) is 12.1 Å². The summed E-state index contributed by atoms with van der Waals surface area (Å²) in [6.45, 7) is 1.35. The van der Waals surface area contributed by atoms with E-state index in [1.54, 1.807) is 0 Å². The molecule has 0 aliphatic heterocycles. The highest BCUT2D eigenvalue weighted by Gasteiger charge is 2.02. The molecule has 0 fully saturated rings. The number of hydrogen-bond acceptors (Lipinski definition) is 4. The van der Waals surface area contributed by atoms with Crippen LogP contribution in [-0.4, -0.2) is 22.0 Å². The van der Waals surface area contributed by atoms with Crippen LogP contribution in [0.3, 0.4) is 0 Å².